The second kappa shape index (κ2) is 9.38. The Bertz CT molecular complexity index is 1220. The molecule has 1 heterocycles. The lowest BCUT2D eigenvalue weighted by Crippen LogP contribution is -2.72. The Kier molecular flexibility index (Phi) is 5.92. The third-order valence-electron chi connectivity index (χ3n) is 7.94. The van der Waals surface area contributed by atoms with E-state index in [9.17, 15) is 0 Å². The number of hydrogen-bond donors (Lipinski definition) is 1. The lowest BCUT2D eigenvalue weighted by Gasteiger charge is -2.50. The molecule has 180 valence electrons. The number of hydrazone groups is 1. The van der Waals surface area contributed by atoms with Crippen LogP contribution in [0.2, 0.25) is 0 Å². The van der Waals surface area contributed by atoms with Crippen LogP contribution in [0.5, 0.6) is 0 Å². The molecule has 6 rings (SSSR count). The average Bonchev–Trinajstić information content (AvgIpc) is 3.63. The van der Waals surface area contributed by atoms with Gasteiger partial charge in [0.05, 0.1) is 0 Å². The van der Waals surface area contributed by atoms with Crippen molar-refractivity contribution in [3.05, 3.63) is 138 Å². The minimum absolute atomic E-state index is 0.391. The summed E-state index contributed by atoms with van der Waals surface area (Å²) in [4.78, 5) is 0. The molecule has 0 saturated heterocycles. The summed E-state index contributed by atoms with van der Waals surface area (Å²) in [5.74, 6) is 0. The molecule has 1 N–H and O–H groups in total. The van der Waals surface area contributed by atoms with Gasteiger partial charge in [-0.1, -0.05) is 109 Å². The van der Waals surface area contributed by atoms with E-state index in [1.807, 2.05) is 0 Å². The van der Waals surface area contributed by atoms with Gasteiger partial charge in [-0.05, 0) is 41.6 Å². The molecule has 0 amide bonds. The van der Waals surface area contributed by atoms with Gasteiger partial charge >= 0.3 is 0 Å². The van der Waals surface area contributed by atoms with E-state index >= 15 is 0 Å². The van der Waals surface area contributed by atoms with Crippen LogP contribution in [0.15, 0.2) is 120 Å². The van der Waals surface area contributed by atoms with E-state index in [1.54, 1.807) is 0 Å². The molecule has 1 aliphatic heterocycles. The fraction of sp³-hybridized carbons (Fsp3) is 0.219. The Morgan fingerprint density at radius 2 is 1.17 bits per heavy atom. The Balaban J connectivity index is 1.70. The van der Waals surface area contributed by atoms with Gasteiger partial charge in [-0.25, -0.2) is 0 Å². The average molecular weight is 474 g/mol. The summed E-state index contributed by atoms with van der Waals surface area (Å²) in [7, 11) is 0. The highest BCUT2D eigenvalue weighted by Crippen LogP contribution is 2.48. The predicted octanol–water partition coefficient (Wildman–Crippen LogP) is 6.92. The van der Waals surface area contributed by atoms with Crippen molar-refractivity contribution in [3.8, 4) is 0 Å². The van der Waals surface area contributed by atoms with E-state index in [1.165, 1.54) is 40.8 Å². The SMILES string of the molecule is Cc1ccc([N+]2(C3CCCC3)C=NNN2C(c2ccccc2)(c2ccccc2)c2ccccc2)cc1. The number of benzene rings is 4. The molecule has 4 nitrogen and oxygen atoms in total. The molecule has 1 fully saturated rings. The zero-order valence-corrected chi connectivity index (χ0v) is 20.8. The highest BCUT2D eigenvalue weighted by Gasteiger charge is 2.60. The summed E-state index contributed by atoms with van der Waals surface area (Å²) in [5, 5.41) is 7.24. The first-order valence-electron chi connectivity index (χ1n) is 13.0. The van der Waals surface area contributed by atoms with Gasteiger partial charge in [0.15, 0.2) is 11.2 Å². The maximum absolute atomic E-state index is 4.83. The maximum atomic E-state index is 4.83. The van der Waals surface area contributed by atoms with Crippen molar-refractivity contribution in [1.29, 1.82) is 0 Å². The highest BCUT2D eigenvalue weighted by atomic mass is 16.0. The van der Waals surface area contributed by atoms with Gasteiger partial charge in [0.2, 0.25) is 6.34 Å². The van der Waals surface area contributed by atoms with Crippen molar-refractivity contribution in [3.63, 3.8) is 0 Å². The Morgan fingerprint density at radius 1 is 0.694 bits per heavy atom. The second-order valence-electron chi connectivity index (χ2n) is 9.98. The van der Waals surface area contributed by atoms with Gasteiger partial charge in [-0.3, -0.25) is 0 Å². The molecule has 1 atom stereocenters. The third kappa shape index (κ3) is 3.48. The third-order valence-corrected chi connectivity index (χ3v) is 7.94. The first-order chi connectivity index (χ1) is 17.8. The van der Waals surface area contributed by atoms with E-state index in [0.717, 1.165) is 12.8 Å². The van der Waals surface area contributed by atoms with Crippen LogP contribution in [0.3, 0.4) is 0 Å². The normalized spacial score (nSPS) is 20.5. The Hall–Kier alpha value is -3.73. The first-order valence-corrected chi connectivity index (χ1v) is 13.0. The number of aryl methyl sites for hydroxylation is 1. The van der Waals surface area contributed by atoms with Crippen LogP contribution in [-0.2, 0) is 5.54 Å². The van der Waals surface area contributed by atoms with Crippen LogP contribution in [0.4, 0.5) is 5.69 Å². The highest BCUT2D eigenvalue weighted by molar-refractivity contribution is 5.75. The smallest absolute Gasteiger partial charge is 0.188 e. The molecular weight excluding hydrogens is 440 g/mol. The largest absolute Gasteiger partial charge is 0.235 e. The number of hydrazine groups is 1. The molecule has 0 spiro atoms. The molecular formula is C32H33N4+. The summed E-state index contributed by atoms with van der Waals surface area (Å²) in [6.07, 6.45) is 6.93. The minimum atomic E-state index is -0.631. The zero-order valence-electron chi connectivity index (χ0n) is 20.8. The summed E-state index contributed by atoms with van der Waals surface area (Å²) in [6.45, 7) is 2.15. The Morgan fingerprint density at radius 3 is 1.64 bits per heavy atom. The fourth-order valence-corrected chi connectivity index (χ4v) is 6.25. The van der Waals surface area contributed by atoms with Crippen molar-refractivity contribution in [1.82, 2.24) is 15.2 Å². The molecule has 1 aliphatic carbocycles. The molecule has 0 bridgehead atoms. The van der Waals surface area contributed by atoms with E-state index < -0.39 is 5.54 Å². The number of hydrogen-bond acceptors (Lipinski definition) is 3. The minimum Gasteiger partial charge on any atom is -0.188 e. The second-order valence-corrected chi connectivity index (χ2v) is 9.98. The van der Waals surface area contributed by atoms with Crippen LogP contribution >= 0.6 is 0 Å². The van der Waals surface area contributed by atoms with Crippen molar-refractivity contribution in [2.24, 2.45) is 5.10 Å². The van der Waals surface area contributed by atoms with E-state index in [0.29, 0.717) is 10.6 Å². The van der Waals surface area contributed by atoms with Crippen LogP contribution in [0.1, 0.15) is 47.9 Å². The van der Waals surface area contributed by atoms with Crippen LogP contribution in [-0.4, -0.2) is 17.5 Å². The maximum Gasteiger partial charge on any atom is 0.235 e. The molecule has 1 unspecified atom stereocenters. The van der Waals surface area contributed by atoms with Gasteiger partial charge in [0, 0.05) is 25.0 Å². The quantitative estimate of drug-likeness (QED) is 0.243. The summed E-state index contributed by atoms with van der Waals surface area (Å²) >= 11 is 0. The standard InChI is InChI=1S/C32H33N4/c1-26-21-23-31(24-22-26)36(30-19-11-12-20-30)25-33-34-35(36)32(27-13-5-2-6-14-27,28-15-7-3-8-16-28)29-17-9-4-10-18-29/h2-10,13-18,21-25,30,34H,11-12,19-20H2,1H3/q+1. The van der Waals surface area contributed by atoms with Crippen molar-refractivity contribution in [2.45, 2.75) is 44.2 Å². The summed E-state index contributed by atoms with van der Waals surface area (Å²) in [5.41, 5.74) is 9.02. The zero-order chi connectivity index (χ0) is 24.4. The first kappa shape index (κ1) is 22.7. The van der Waals surface area contributed by atoms with Gasteiger partial charge in [-0.15, -0.1) is 9.69 Å². The molecule has 4 heteroatoms. The number of nitrogens with zero attached hydrogens (tertiary/aromatic N) is 3. The fourth-order valence-electron chi connectivity index (χ4n) is 6.25. The van der Waals surface area contributed by atoms with Crippen molar-refractivity contribution < 1.29 is 0 Å². The van der Waals surface area contributed by atoms with Crippen LogP contribution < -0.4 is 10.1 Å². The molecule has 0 radical (unpaired) electrons. The number of nitrogens with one attached hydrogen (secondary N) is 1. The summed E-state index contributed by atoms with van der Waals surface area (Å²) in [6, 6.07) is 42.0. The van der Waals surface area contributed by atoms with Gasteiger partial charge < -0.3 is 0 Å². The number of quaternary nitrogens is 1. The predicted molar refractivity (Wildman–Crippen MR) is 148 cm³/mol. The van der Waals surface area contributed by atoms with E-state index in [-0.39, 0.29) is 0 Å². The molecule has 4 aromatic carbocycles. The lowest BCUT2D eigenvalue weighted by atomic mass is 9.76. The summed E-state index contributed by atoms with van der Waals surface area (Å²) < 4.78 is 0.541. The molecule has 1 saturated carbocycles. The van der Waals surface area contributed by atoms with Gasteiger partial charge in [-0.2, -0.15) is 5.53 Å². The van der Waals surface area contributed by atoms with E-state index in [4.69, 9.17) is 5.10 Å². The van der Waals surface area contributed by atoms with E-state index in [2.05, 4.69) is 139 Å². The van der Waals surface area contributed by atoms with Crippen molar-refractivity contribution in [2.75, 3.05) is 0 Å². The van der Waals surface area contributed by atoms with Gasteiger partial charge in [0.1, 0.15) is 6.04 Å². The van der Waals surface area contributed by atoms with Gasteiger partial charge in [0.25, 0.3) is 0 Å². The molecule has 2 aliphatic rings. The Labute approximate surface area is 214 Å². The number of rotatable bonds is 6. The lowest BCUT2D eigenvalue weighted by molar-refractivity contribution is -0.0696. The topological polar surface area (TPSA) is 27.6 Å². The van der Waals surface area contributed by atoms with Crippen LogP contribution in [0, 0.1) is 6.92 Å². The molecule has 0 aromatic heterocycles. The monoisotopic (exact) mass is 473 g/mol. The van der Waals surface area contributed by atoms with Crippen molar-refractivity contribution >= 4 is 12.0 Å². The molecule has 4 aromatic rings. The molecule has 36 heavy (non-hydrogen) atoms. The van der Waals surface area contributed by atoms with Crippen LogP contribution in [0.25, 0.3) is 0 Å².